The number of rotatable bonds is 2. The van der Waals surface area contributed by atoms with E-state index in [1.165, 1.54) is 18.2 Å². The molecule has 0 aliphatic carbocycles. The standard InChI is InChI=1S/C11H9N3O2.Na.H/c15-8-4-3-5-9(16)11(8)14-13-10-6-1-2-7-12-10;;/h1-7,15-16H;;. The molecule has 0 bridgehead atoms. The van der Waals surface area contributed by atoms with Gasteiger partial charge in [0.1, 0.15) is 11.5 Å². The molecule has 0 aliphatic rings. The van der Waals surface area contributed by atoms with Crippen molar-refractivity contribution in [2.75, 3.05) is 0 Å². The molecule has 2 rings (SSSR count). The second kappa shape index (κ2) is 6.34. The van der Waals surface area contributed by atoms with Crippen LogP contribution in [0.25, 0.3) is 0 Å². The van der Waals surface area contributed by atoms with E-state index < -0.39 is 0 Å². The monoisotopic (exact) mass is 239 g/mol. The molecule has 0 amide bonds. The van der Waals surface area contributed by atoms with E-state index in [0.717, 1.165) is 0 Å². The number of azo groups is 1. The van der Waals surface area contributed by atoms with E-state index in [0.29, 0.717) is 5.82 Å². The minimum absolute atomic E-state index is 0. The summed E-state index contributed by atoms with van der Waals surface area (Å²) in [6.45, 7) is 0. The van der Waals surface area contributed by atoms with Crippen LogP contribution < -0.4 is 0 Å². The number of benzene rings is 1. The van der Waals surface area contributed by atoms with E-state index in [1.54, 1.807) is 24.4 Å². The molecule has 0 saturated heterocycles. The topological polar surface area (TPSA) is 78.1 Å². The van der Waals surface area contributed by atoms with Crippen molar-refractivity contribution in [1.29, 1.82) is 0 Å². The average Bonchev–Trinajstić information content (AvgIpc) is 2.30. The predicted molar refractivity (Wildman–Crippen MR) is 65.3 cm³/mol. The zero-order valence-electron chi connectivity index (χ0n) is 8.28. The van der Waals surface area contributed by atoms with Gasteiger partial charge in [-0.25, -0.2) is 4.98 Å². The third-order valence-corrected chi connectivity index (χ3v) is 1.90. The average molecular weight is 239 g/mol. The van der Waals surface area contributed by atoms with Crippen LogP contribution in [0.2, 0.25) is 0 Å². The maximum absolute atomic E-state index is 9.44. The van der Waals surface area contributed by atoms with Crippen molar-refractivity contribution in [3.63, 3.8) is 0 Å². The van der Waals surface area contributed by atoms with Crippen molar-refractivity contribution in [2.24, 2.45) is 10.2 Å². The van der Waals surface area contributed by atoms with Crippen LogP contribution in [0.5, 0.6) is 11.5 Å². The van der Waals surface area contributed by atoms with Crippen LogP contribution in [0.3, 0.4) is 0 Å². The minimum atomic E-state index is -0.125. The summed E-state index contributed by atoms with van der Waals surface area (Å²) in [5, 5.41) is 26.4. The Balaban J connectivity index is 0.00000144. The SMILES string of the molecule is Oc1cccc(O)c1N=Nc1ccccn1.[NaH]. The Morgan fingerprint density at radius 2 is 1.59 bits per heavy atom. The van der Waals surface area contributed by atoms with Crippen LogP contribution in [0.15, 0.2) is 52.8 Å². The molecule has 0 atom stereocenters. The number of phenolic OH excluding ortho intramolecular Hbond substituents is 2. The number of pyridine rings is 1. The van der Waals surface area contributed by atoms with E-state index in [1.807, 2.05) is 0 Å². The second-order valence-corrected chi connectivity index (χ2v) is 3.03. The number of aromatic hydroxyl groups is 2. The summed E-state index contributed by atoms with van der Waals surface area (Å²) >= 11 is 0. The Morgan fingerprint density at radius 1 is 0.882 bits per heavy atom. The van der Waals surface area contributed by atoms with Gasteiger partial charge in [0.15, 0.2) is 11.5 Å². The molecule has 0 aliphatic heterocycles. The fourth-order valence-electron chi connectivity index (χ4n) is 1.14. The normalized spacial score (nSPS) is 10.1. The zero-order valence-corrected chi connectivity index (χ0v) is 8.28. The van der Waals surface area contributed by atoms with Crippen LogP contribution in [0.4, 0.5) is 11.5 Å². The first-order valence-corrected chi connectivity index (χ1v) is 4.61. The Bertz CT molecular complexity index is 497. The summed E-state index contributed by atoms with van der Waals surface area (Å²) in [7, 11) is 0. The van der Waals surface area contributed by atoms with E-state index in [4.69, 9.17) is 0 Å². The van der Waals surface area contributed by atoms with Gasteiger partial charge in [-0.15, -0.1) is 10.2 Å². The molecular formula is C11H10N3NaO2. The van der Waals surface area contributed by atoms with Gasteiger partial charge in [0, 0.05) is 6.20 Å². The molecule has 2 N–H and O–H groups in total. The zero-order chi connectivity index (χ0) is 11.4. The quantitative estimate of drug-likeness (QED) is 0.623. The van der Waals surface area contributed by atoms with Gasteiger partial charge in [0.2, 0.25) is 0 Å². The van der Waals surface area contributed by atoms with E-state index >= 15 is 0 Å². The molecule has 1 aromatic heterocycles. The summed E-state index contributed by atoms with van der Waals surface area (Å²) in [6, 6.07) is 9.56. The molecule has 1 heterocycles. The fraction of sp³-hybridized carbons (Fsp3) is 0. The van der Waals surface area contributed by atoms with Crippen molar-refractivity contribution < 1.29 is 10.2 Å². The predicted octanol–water partition coefficient (Wildman–Crippen LogP) is 2.26. The van der Waals surface area contributed by atoms with Crippen molar-refractivity contribution in [3.05, 3.63) is 42.6 Å². The Morgan fingerprint density at radius 3 is 2.18 bits per heavy atom. The number of phenols is 2. The van der Waals surface area contributed by atoms with Gasteiger partial charge < -0.3 is 10.2 Å². The Labute approximate surface area is 120 Å². The number of aromatic nitrogens is 1. The summed E-state index contributed by atoms with van der Waals surface area (Å²) in [4.78, 5) is 3.93. The molecule has 0 saturated carbocycles. The van der Waals surface area contributed by atoms with Crippen molar-refractivity contribution in [2.45, 2.75) is 0 Å². The molecule has 0 unspecified atom stereocenters. The summed E-state index contributed by atoms with van der Waals surface area (Å²) in [5.74, 6) is 0.157. The molecule has 17 heavy (non-hydrogen) atoms. The van der Waals surface area contributed by atoms with Crippen LogP contribution in [-0.2, 0) is 0 Å². The van der Waals surface area contributed by atoms with Crippen molar-refractivity contribution in [1.82, 2.24) is 4.98 Å². The van der Waals surface area contributed by atoms with Crippen molar-refractivity contribution in [3.8, 4) is 11.5 Å². The summed E-state index contributed by atoms with van der Waals surface area (Å²) in [5.41, 5.74) is 0.0353. The van der Waals surface area contributed by atoms with Crippen LogP contribution in [-0.4, -0.2) is 44.8 Å². The Hall–Kier alpha value is -1.43. The van der Waals surface area contributed by atoms with Gasteiger partial charge >= 0.3 is 29.6 Å². The number of hydrogen-bond acceptors (Lipinski definition) is 5. The van der Waals surface area contributed by atoms with Crippen LogP contribution in [0.1, 0.15) is 0 Å². The van der Waals surface area contributed by atoms with E-state index in [2.05, 4.69) is 15.2 Å². The first-order chi connectivity index (χ1) is 7.77. The number of hydrogen-bond donors (Lipinski definition) is 2. The molecule has 6 heteroatoms. The van der Waals surface area contributed by atoms with E-state index in [9.17, 15) is 10.2 Å². The van der Waals surface area contributed by atoms with Crippen LogP contribution >= 0.6 is 0 Å². The van der Waals surface area contributed by atoms with E-state index in [-0.39, 0.29) is 46.7 Å². The van der Waals surface area contributed by atoms with Gasteiger partial charge in [-0.1, -0.05) is 12.1 Å². The van der Waals surface area contributed by atoms with Crippen molar-refractivity contribution >= 4 is 41.1 Å². The van der Waals surface area contributed by atoms with Crippen LogP contribution in [0, 0.1) is 0 Å². The van der Waals surface area contributed by atoms with Gasteiger partial charge in [-0.2, -0.15) is 0 Å². The summed E-state index contributed by atoms with van der Waals surface area (Å²) in [6.07, 6.45) is 1.58. The molecule has 1 aromatic carbocycles. The first kappa shape index (κ1) is 13.6. The van der Waals surface area contributed by atoms with Gasteiger partial charge in [-0.3, -0.25) is 0 Å². The molecular weight excluding hydrogens is 229 g/mol. The first-order valence-electron chi connectivity index (χ1n) is 4.61. The Kier molecular flexibility index (Phi) is 5.09. The third-order valence-electron chi connectivity index (χ3n) is 1.90. The molecule has 2 aromatic rings. The third kappa shape index (κ3) is 3.52. The molecule has 82 valence electrons. The van der Waals surface area contributed by atoms with Gasteiger partial charge in [0.05, 0.1) is 0 Å². The number of nitrogens with zero attached hydrogens (tertiary/aromatic N) is 3. The molecule has 0 fully saturated rings. The second-order valence-electron chi connectivity index (χ2n) is 3.03. The molecule has 0 radical (unpaired) electrons. The maximum atomic E-state index is 9.44. The molecule has 5 nitrogen and oxygen atoms in total. The summed E-state index contributed by atoms with van der Waals surface area (Å²) < 4.78 is 0. The van der Waals surface area contributed by atoms with Gasteiger partial charge in [0.25, 0.3) is 0 Å². The fourth-order valence-corrected chi connectivity index (χ4v) is 1.14. The van der Waals surface area contributed by atoms with Gasteiger partial charge in [-0.05, 0) is 24.3 Å². The molecule has 0 spiro atoms.